The Labute approximate surface area is 180 Å². The molecule has 0 radical (unpaired) electrons. The number of pyridine rings is 2. The minimum Gasteiger partial charge on any atom is -0.322 e. The Hall–Kier alpha value is -4.25. The minimum atomic E-state index is -0.176. The molecule has 0 atom stereocenters. The SMILES string of the molecule is Cc1cc2c(-c3ccncc3)cccc2n1-c1ccc(NC(=O)c2cccnc2)cc1. The number of carbonyl (C=O) groups is 1. The predicted octanol–water partition coefficient (Wildman–Crippen LogP) is 5.65. The van der Waals surface area contributed by atoms with Gasteiger partial charge in [-0.2, -0.15) is 0 Å². The van der Waals surface area contributed by atoms with Crippen molar-refractivity contribution in [1.82, 2.24) is 14.5 Å². The lowest BCUT2D eigenvalue weighted by atomic mass is 10.0. The normalized spacial score (nSPS) is 10.9. The van der Waals surface area contributed by atoms with E-state index in [1.807, 2.05) is 48.8 Å². The molecule has 5 heteroatoms. The van der Waals surface area contributed by atoms with Gasteiger partial charge in [0.1, 0.15) is 0 Å². The highest BCUT2D eigenvalue weighted by atomic mass is 16.1. The number of nitrogens with zero attached hydrogens (tertiary/aromatic N) is 3. The Kier molecular flexibility index (Phi) is 4.77. The van der Waals surface area contributed by atoms with Crippen molar-refractivity contribution in [3.63, 3.8) is 0 Å². The maximum atomic E-state index is 12.4. The third-order valence-electron chi connectivity index (χ3n) is 5.33. The van der Waals surface area contributed by atoms with Crippen LogP contribution in [0.15, 0.2) is 97.6 Å². The Bertz CT molecular complexity index is 1360. The van der Waals surface area contributed by atoms with Crippen LogP contribution in [0, 0.1) is 6.92 Å². The smallest absolute Gasteiger partial charge is 0.257 e. The number of carbonyl (C=O) groups excluding carboxylic acids is 1. The second-order valence-corrected chi connectivity index (χ2v) is 7.34. The van der Waals surface area contributed by atoms with Crippen LogP contribution in [0.5, 0.6) is 0 Å². The summed E-state index contributed by atoms with van der Waals surface area (Å²) in [5, 5.41) is 4.11. The summed E-state index contributed by atoms with van der Waals surface area (Å²) in [7, 11) is 0. The third kappa shape index (κ3) is 3.57. The summed E-state index contributed by atoms with van der Waals surface area (Å²) in [4.78, 5) is 20.5. The lowest BCUT2D eigenvalue weighted by Crippen LogP contribution is -2.12. The molecule has 2 aromatic carbocycles. The van der Waals surface area contributed by atoms with Crippen molar-refractivity contribution in [3.05, 3.63) is 109 Å². The summed E-state index contributed by atoms with van der Waals surface area (Å²) >= 11 is 0. The molecule has 1 N–H and O–H groups in total. The molecule has 0 spiro atoms. The highest BCUT2D eigenvalue weighted by molar-refractivity contribution is 6.04. The summed E-state index contributed by atoms with van der Waals surface area (Å²) in [6, 6.07) is 24.0. The van der Waals surface area contributed by atoms with Crippen molar-refractivity contribution in [2.24, 2.45) is 0 Å². The molecular weight excluding hydrogens is 384 g/mol. The molecule has 31 heavy (non-hydrogen) atoms. The van der Waals surface area contributed by atoms with E-state index in [1.165, 1.54) is 10.9 Å². The van der Waals surface area contributed by atoms with Crippen molar-refractivity contribution in [1.29, 1.82) is 0 Å². The van der Waals surface area contributed by atoms with E-state index < -0.39 is 0 Å². The molecule has 0 saturated heterocycles. The maximum Gasteiger partial charge on any atom is 0.257 e. The van der Waals surface area contributed by atoms with Gasteiger partial charge < -0.3 is 9.88 Å². The fourth-order valence-corrected chi connectivity index (χ4v) is 3.88. The molecule has 3 heterocycles. The highest BCUT2D eigenvalue weighted by Gasteiger charge is 2.12. The van der Waals surface area contributed by atoms with E-state index in [-0.39, 0.29) is 5.91 Å². The quantitative estimate of drug-likeness (QED) is 0.421. The van der Waals surface area contributed by atoms with Crippen LogP contribution in [0.4, 0.5) is 5.69 Å². The summed E-state index contributed by atoms with van der Waals surface area (Å²) in [5.41, 5.74) is 6.92. The molecule has 0 aliphatic heterocycles. The largest absolute Gasteiger partial charge is 0.322 e. The Balaban J connectivity index is 1.49. The van der Waals surface area contributed by atoms with Gasteiger partial charge in [0.15, 0.2) is 0 Å². The number of nitrogens with one attached hydrogen (secondary N) is 1. The summed E-state index contributed by atoms with van der Waals surface area (Å²) in [6.45, 7) is 2.11. The summed E-state index contributed by atoms with van der Waals surface area (Å²) < 4.78 is 2.23. The van der Waals surface area contributed by atoms with E-state index in [9.17, 15) is 4.79 Å². The van der Waals surface area contributed by atoms with Crippen LogP contribution in [-0.2, 0) is 0 Å². The van der Waals surface area contributed by atoms with Gasteiger partial charge in [-0.3, -0.25) is 14.8 Å². The van der Waals surface area contributed by atoms with Gasteiger partial charge in [0.05, 0.1) is 11.1 Å². The number of hydrogen-bond donors (Lipinski definition) is 1. The Morgan fingerprint density at radius 2 is 1.68 bits per heavy atom. The van der Waals surface area contributed by atoms with Gasteiger partial charge in [-0.1, -0.05) is 12.1 Å². The molecule has 0 aliphatic rings. The number of fused-ring (bicyclic) bond motifs is 1. The Morgan fingerprint density at radius 3 is 2.42 bits per heavy atom. The van der Waals surface area contributed by atoms with Gasteiger partial charge in [0.2, 0.25) is 0 Å². The van der Waals surface area contributed by atoms with E-state index >= 15 is 0 Å². The zero-order valence-electron chi connectivity index (χ0n) is 17.0. The number of amides is 1. The average Bonchev–Trinajstić information content (AvgIpc) is 3.16. The lowest BCUT2D eigenvalue weighted by Gasteiger charge is -2.11. The fraction of sp³-hybridized carbons (Fsp3) is 0.0385. The molecule has 0 unspecified atom stereocenters. The zero-order valence-corrected chi connectivity index (χ0v) is 17.0. The van der Waals surface area contributed by atoms with Crippen molar-refractivity contribution < 1.29 is 4.79 Å². The number of aromatic nitrogens is 3. The molecule has 5 rings (SSSR count). The number of aryl methyl sites for hydroxylation is 1. The van der Waals surface area contributed by atoms with Crippen LogP contribution < -0.4 is 5.32 Å². The minimum absolute atomic E-state index is 0.176. The Morgan fingerprint density at radius 1 is 0.871 bits per heavy atom. The first-order chi connectivity index (χ1) is 15.2. The molecule has 0 saturated carbocycles. The second kappa shape index (κ2) is 7.88. The summed E-state index contributed by atoms with van der Waals surface area (Å²) in [5.74, 6) is -0.176. The standard InChI is InChI=1S/C26H20N4O/c1-18-16-24-23(19-11-14-27-15-12-19)5-2-6-25(24)30(18)22-9-7-21(8-10-22)29-26(31)20-4-3-13-28-17-20/h2-17H,1H3,(H,29,31). The molecule has 3 aromatic heterocycles. The first-order valence-corrected chi connectivity index (χ1v) is 10.0. The summed E-state index contributed by atoms with van der Waals surface area (Å²) in [6.07, 6.45) is 6.84. The van der Waals surface area contributed by atoms with Crippen LogP contribution in [-0.4, -0.2) is 20.4 Å². The van der Waals surface area contributed by atoms with Crippen molar-refractivity contribution in [2.75, 3.05) is 5.32 Å². The molecule has 5 nitrogen and oxygen atoms in total. The fourth-order valence-electron chi connectivity index (χ4n) is 3.88. The van der Waals surface area contributed by atoms with Crippen molar-refractivity contribution in [2.45, 2.75) is 6.92 Å². The number of benzene rings is 2. The number of rotatable bonds is 4. The molecule has 0 bridgehead atoms. The maximum absolute atomic E-state index is 12.4. The average molecular weight is 404 g/mol. The monoisotopic (exact) mass is 404 g/mol. The van der Waals surface area contributed by atoms with Crippen LogP contribution in [0.2, 0.25) is 0 Å². The van der Waals surface area contributed by atoms with E-state index in [1.54, 1.807) is 24.5 Å². The van der Waals surface area contributed by atoms with Gasteiger partial charge in [0.25, 0.3) is 5.91 Å². The highest BCUT2D eigenvalue weighted by Crippen LogP contribution is 2.32. The molecule has 1 amide bonds. The zero-order chi connectivity index (χ0) is 21.2. The van der Waals surface area contributed by atoms with Crippen LogP contribution in [0.1, 0.15) is 16.1 Å². The molecule has 150 valence electrons. The molecule has 0 aliphatic carbocycles. The number of hydrogen-bond acceptors (Lipinski definition) is 3. The third-order valence-corrected chi connectivity index (χ3v) is 5.33. The van der Waals surface area contributed by atoms with Crippen LogP contribution >= 0.6 is 0 Å². The topological polar surface area (TPSA) is 59.8 Å². The van der Waals surface area contributed by atoms with Crippen LogP contribution in [0.25, 0.3) is 27.7 Å². The first kappa shape index (κ1) is 18.8. The molecule has 0 fully saturated rings. The van der Waals surface area contributed by atoms with Gasteiger partial charge in [-0.05, 0) is 78.7 Å². The van der Waals surface area contributed by atoms with E-state index in [4.69, 9.17) is 0 Å². The van der Waals surface area contributed by atoms with Crippen molar-refractivity contribution in [3.8, 4) is 16.8 Å². The first-order valence-electron chi connectivity index (χ1n) is 10.0. The van der Waals surface area contributed by atoms with Gasteiger partial charge >= 0.3 is 0 Å². The van der Waals surface area contributed by atoms with Gasteiger partial charge in [-0.15, -0.1) is 0 Å². The molecular formula is C26H20N4O. The number of anilines is 1. The van der Waals surface area contributed by atoms with E-state index in [0.717, 1.165) is 28.1 Å². The predicted molar refractivity (Wildman–Crippen MR) is 123 cm³/mol. The van der Waals surface area contributed by atoms with Crippen molar-refractivity contribution >= 4 is 22.5 Å². The van der Waals surface area contributed by atoms with E-state index in [0.29, 0.717) is 5.56 Å². The lowest BCUT2D eigenvalue weighted by molar-refractivity contribution is 0.102. The second-order valence-electron chi connectivity index (χ2n) is 7.34. The van der Waals surface area contributed by atoms with Gasteiger partial charge in [0, 0.05) is 47.2 Å². The molecule has 5 aromatic rings. The van der Waals surface area contributed by atoms with Gasteiger partial charge in [-0.25, -0.2) is 0 Å². The van der Waals surface area contributed by atoms with Crippen LogP contribution in [0.3, 0.4) is 0 Å². The van der Waals surface area contributed by atoms with E-state index in [2.05, 4.69) is 51.0 Å².